The Morgan fingerprint density at radius 2 is 1.47 bits per heavy atom. The van der Waals surface area contributed by atoms with E-state index >= 15 is 0 Å². The molecule has 0 aromatic heterocycles. The molecule has 2 heteroatoms. The van der Waals surface area contributed by atoms with Gasteiger partial charge >= 0.3 is 0 Å². The van der Waals surface area contributed by atoms with E-state index in [0.717, 1.165) is 22.7 Å². The van der Waals surface area contributed by atoms with Crippen LogP contribution >= 0.6 is 0 Å². The first-order valence-electron chi connectivity index (χ1n) is 15.0. The molecular formula is C30H58N2. The third-order valence-electron chi connectivity index (χ3n) is 9.72. The highest BCUT2D eigenvalue weighted by Crippen LogP contribution is 2.69. The smallest absolute Gasteiger partial charge is 0.00361 e. The van der Waals surface area contributed by atoms with E-state index in [9.17, 15) is 0 Å². The van der Waals surface area contributed by atoms with Crippen molar-refractivity contribution in [2.75, 3.05) is 26.2 Å². The highest BCUT2D eigenvalue weighted by molar-refractivity contribution is 5.10. The van der Waals surface area contributed by atoms with Gasteiger partial charge < -0.3 is 10.2 Å². The molecule has 2 nitrogen and oxygen atoms in total. The second-order valence-corrected chi connectivity index (χ2v) is 12.7. The van der Waals surface area contributed by atoms with Gasteiger partial charge in [0.1, 0.15) is 0 Å². The van der Waals surface area contributed by atoms with Crippen molar-refractivity contribution in [3.63, 3.8) is 0 Å². The van der Waals surface area contributed by atoms with Crippen LogP contribution in [0.5, 0.6) is 0 Å². The maximum Gasteiger partial charge on any atom is 0.00361 e. The summed E-state index contributed by atoms with van der Waals surface area (Å²) in [5.74, 6) is 2.00. The van der Waals surface area contributed by atoms with Crippen LogP contribution in [0, 0.1) is 22.7 Å². The lowest BCUT2D eigenvalue weighted by Crippen LogP contribution is -2.57. The van der Waals surface area contributed by atoms with Crippen LogP contribution in [-0.2, 0) is 0 Å². The van der Waals surface area contributed by atoms with E-state index in [1.807, 2.05) is 0 Å². The zero-order valence-corrected chi connectivity index (χ0v) is 22.5. The van der Waals surface area contributed by atoms with E-state index in [-0.39, 0.29) is 0 Å². The lowest BCUT2D eigenvalue weighted by molar-refractivity contribution is -0.150. The molecule has 2 spiro atoms. The summed E-state index contributed by atoms with van der Waals surface area (Å²) in [5, 5.41) is 3.70. The zero-order chi connectivity index (χ0) is 22.9. The van der Waals surface area contributed by atoms with E-state index in [1.165, 1.54) is 110 Å². The number of piperidine rings is 1. The van der Waals surface area contributed by atoms with Crippen LogP contribution < -0.4 is 5.32 Å². The molecule has 2 saturated carbocycles. The van der Waals surface area contributed by atoms with Crippen LogP contribution in [0.1, 0.15) is 137 Å². The number of nitrogens with one attached hydrogen (secondary N) is 1. The Labute approximate surface area is 202 Å². The molecular weight excluding hydrogens is 388 g/mol. The number of unbranched alkanes of at least 4 members (excludes halogenated alkanes) is 5. The predicted octanol–water partition coefficient (Wildman–Crippen LogP) is 8.20. The molecule has 1 N–H and O–H groups in total. The first-order valence-corrected chi connectivity index (χ1v) is 15.0. The minimum atomic E-state index is 0.698. The number of likely N-dealkylation sites (tertiary alicyclic amines) is 1. The zero-order valence-electron chi connectivity index (χ0n) is 22.5. The summed E-state index contributed by atoms with van der Waals surface area (Å²) in [6, 6.07) is 0.698. The summed E-state index contributed by atoms with van der Waals surface area (Å²) in [4.78, 5) is 2.87. The van der Waals surface area contributed by atoms with Gasteiger partial charge in [-0.15, -0.1) is 0 Å². The molecule has 3 fully saturated rings. The van der Waals surface area contributed by atoms with Crippen molar-refractivity contribution < 1.29 is 0 Å². The SMILES string of the molecule is CCCCCCC(CCCCC)CN1CCC2(CC1)CC1(CC(CCNC(C)CC)C1)C2. The van der Waals surface area contributed by atoms with Crippen molar-refractivity contribution in [1.29, 1.82) is 0 Å². The lowest BCUT2D eigenvalue weighted by Gasteiger charge is -2.66. The van der Waals surface area contributed by atoms with Crippen molar-refractivity contribution in [3.8, 4) is 0 Å². The van der Waals surface area contributed by atoms with E-state index in [1.54, 1.807) is 25.7 Å². The quantitative estimate of drug-likeness (QED) is 0.240. The van der Waals surface area contributed by atoms with Crippen LogP contribution in [0.2, 0.25) is 0 Å². The Balaban J connectivity index is 1.31. The summed E-state index contributed by atoms with van der Waals surface area (Å²) >= 11 is 0. The van der Waals surface area contributed by atoms with Gasteiger partial charge in [0.05, 0.1) is 0 Å². The predicted molar refractivity (Wildman–Crippen MR) is 141 cm³/mol. The highest BCUT2D eigenvalue weighted by Gasteiger charge is 2.59. The Morgan fingerprint density at radius 1 is 0.844 bits per heavy atom. The maximum absolute atomic E-state index is 3.70. The second-order valence-electron chi connectivity index (χ2n) is 12.7. The fourth-order valence-electron chi connectivity index (χ4n) is 7.67. The Hall–Kier alpha value is -0.0800. The standard InChI is InChI=1S/C30H58N2/c1-5-8-10-12-14-27(13-11-9-6-2)23-32-19-16-29(17-20-32)24-30(25-29)21-28(22-30)15-18-31-26(4)7-3/h26-28,31H,5-25H2,1-4H3. The molecule has 0 aromatic rings. The monoisotopic (exact) mass is 446 g/mol. The summed E-state index contributed by atoms with van der Waals surface area (Å²) in [6.07, 6.45) is 24.9. The van der Waals surface area contributed by atoms with Crippen molar-refractivity contribution in [2.45, 2.75) is 143 Å². The topological polar surface area (TPSA) is 15.3 Å². The third kappa shape index (κ3) is 7.72. The van der Waals surface area contributed by atoms with Crippen molar-refractivity contribution >= 4 is 0 Å². The number of nitrogens with zero attached hydrogens (tertiary/aromatic N) is 1. The van der Waals surface area contributed by atoms with Crippen LogP contribution in [0.4, 0.5) is 0 Å². The molecule has 3 aliphatic rings. The van der Waals surface area contributed by atoms with E-state index in [4.69, 9.17) is 0 Å². The minimum Gasteiger partial charge on any atom is -0.314 e. The van der Waals surface area contributed by atoms with Gasteiger partial charge in [-0.2, -0.15) is 0 Å². The van der Waals surface area contributed by atoms with Gasteiger partial charge in [-0.1, -0.05) is 65.7 Å². The summed E-state index contributed by atoms with van der Waals surface area (Å²) in [5.41, 5.74) is 1.56. The molecule has 1 saturated heterocycles. The van der Waals surface area contributed by atoms with Gasteiger partial charge in [-0.25, -0.2) is 0 Å². The molecule has 0 amide bonds. The molecule has 188 valence electrons. The van der Waals surface area contributed by atoms with Crippen molar-refractivity contribution in [1.82, 2.24) is 10.2 Å². The highest BCUT2D eigenvalue weighted by atomic mass is 15.1. The van der Waals surface area contributed by atoms with Gasteiger partial charge in [-0.05, 0) is 113 Å². The molecule has 2 atom stereocenters. The number of hydrogen-bond donors (Lipinski definition) is 1. The Morgan fingerprint density at radius 3 is 2.09 bits per heavy atom. The van der Waals surface area contributed by atoms with Crippen LogP contribution in [0.15, 0.2) is 0 Å². The Kier molecular flexibility index (Phi) is 10.9. The van der Waals surface area contributed by atoms with Gasteiger partial charge in [-0.3, -0.25) is 0 Å². The molecule has 0 bridgehead atoms. The molecule has 2 aliphatic carbocycles. The van der Waals surface area contributed by atoms with Crippen LogP contribution in [0.25, 0.3) is 0 Å². The first kappa shape index (κ1) is 26.5. The first-order chi connectivity index (χ1) is 15.5. The average Bonchev–Trinajstić information content (AvgIpc) is 2.75. The fourth-order valence-corrected chi connectivity index (χ4v) is 7.67. The second kappa shape index (κ2) is 13.1. The van der Waals surface area contributed by atoms with Gasteiger partial charge in [0.25, 0.3) is 0 Å². The Bertz CT molecular complexity index is 491. The van der Waals surface area contributed by atoms with E-state index < -0.39 is 0 Å². The average molecular weight is 447 g/mol. The van der Waals surface area contributed by atoms with E-state index in [0.29, 0.717) is 6.04 Å². The van der Waals surface area contributed by atoms with Crippen molar-refractivity contribution in [3.05, 3.63) is 0 Å². The minimum absolute atomic E-state index is 0.698. The van der Waals surface area contributed by atoms with Crippen molar-refractivity contribution in [2.24, 2.45) is 22.7 Å². The fraction of sp³-hybridized carbons (Fsp3) is 1.00. The maximum atomic E-state index is 3.70. The summed E-state index contributed by atoms with van der Waals surface area (Å²) < 4.78 is 0. The van der Waals surface area contributed by atoms with Crippen LogP contribution in [-0.4, -0.2) is 37.1 Å². The van der Waals surface area contributed by atoms with Gasteiger partial charge in [0, 0.05) is 12.6 Å². The van der Waals surface area contributed by atoms with Crippen LogP contribution in [0.3, 0.4) is 0 Å². The molecule has 2 unspecified atom stereocenters. The molecule has 1 aliphatic heterocycles. The summed E-state index contributed by atoms with van der Waals surface area (Å²) in [6.45, 7) is 14.7. The summed E-state index contributed by atoms with van der Waals surface area (Å²) in [7, 11) is 0. The third-order valence-corrected chi connectivity index (χ3v) is 9.72. The molecule has 0 aromatic carbocycles. The number of hydrogen-bond acceptors (Lipinski definition) is 2. The molecule has 32 heavy (non-hydrogen) atoms. The van der Waals surface area contributed by atoms with E-state index in [2.05, 4.69) is 37.9 Å². The number of rotatable bonds is 16. The van der Waals surface area contributed by atoms with Gasteiger partial charge in [0.15, 0.2) is 0 Å². The molecule has 1 heterocycles. The molecule has 0 radical (unpaired) electrons. The largest absolute Gasteiger partial charge is 0.314 e. The van der Waals surface area contributed by atoms with Gasteiger partial charge in [0.2, 0.25) is 0 Å². The lowest BCUT2D eigenvalue weighted by atomic mass is 9.40. The normalized spacial score (nSPS) is 24.4. The molecule has 3 rings (SSSR count).